The predicted molar refractivity (Wildman–Crippen MR) is 366 cm³/mol. The first-order valence-corrected chi connectivity index (χ1v) is 30.0. The van der Waals surface area contributed by atoms with E-state index in [0.717, 1.165) is 89.8 Å². The first-order chi connectivity index (χ1) is 42.4. The van der Waals surface area contributed by atoms with Crippen LogP contribution in [0.1, 0.15) is 26.3 Å². The molecule has 3 heterocycles. The highest BCUT2D eigenvalue weighted by Crippen LogP contribution is 2.55. The van der Waals surface area contributed by atoms with Gasteiger partial charge in [-0.05, 0) is 114 Å². The van der Waals surface area contributed by atoms with Crippen LogP contribution in [0.15, 0.2) is 309 Å². The number of anilines is 6. The van der Waals surface area contributed by atoms with Gasteiger partial charge in [-0.2, -0.15) is 0 Å². The molecule has 0 atom stereocenters. The Hall–Kier alpha value is -10.7. The fourth-order valence-electron chi connectivity index (χ4n) is 14.1. The zero-order valence-corrected chi connectivity index (χ0v) is 48.4. The van der Waals surface area contributed by atoms with Crippen molar-refractivity contribution in [3.63, 3.8) is 0 Å². The molecular formula is C82H60BN3. The van der Waals surface area contributed by atoms with Gasteiger partial charge in [-0.25, -0.2) is 0 Å². The summed E-state index contributed by atoms with van der Waals surface area (Å²) in [4.78, 5) is 5.35. The number of fused-ring (bicyclic) bond motifs is 7. The van der Waals surface area contributed by atoms with Crippen molar-refractivity contribution in [1.82, 2.24) is 4.57 Å². The van der Waals surface area contributed by atoms with Crippen LogP contribution in [0, 0.1) is 0 Å². The summed E-state index contributed by atoms with van der Waals surface area (Å²) in [5.41, 5.74) is 29.0. The summed E-state index contributed by atoms with van der Waals surface area (Å²) in [5.74, 6) is 0. The number of rotatable bonds is 9. The lowest BCUT2D eigenvalue weighted by Crippen LogP contribution is -2.61. The molecular weight excluding hydrogens is 1040 g/mol. The van der Waals surface area contributed by atoms with Gasteiger partial charge in [0, 0.05) is 61.5 Å². The fourth-order valence-corrected chi connectivity index (χ4v) is 14.1. The van der Waals surface area contributed by atoms with Crippen molar-refractivity contribution in [2.75, 3.05) is 9.80 Å². The normalized spacial score (nSPS) is 12.5. The first kappa shape index (κ1) is 51.0. The Labute approximate surface area is 504 Å². The molecule has 0 N–H and O–H groups in total. The molecule has 0 saturated carbocycles. The van der Waals surface area contributed by atoms with Crippen LogP contribution in [0.4, 0.5) is 34.1 Å². The average Bonchev–Trinajstić information content (AvgIpc) is 0.840. The third-order valence-electron chi connectivity index (χ3n) is 17.9. The zero-order chi connectivity index (χ0) is 57.5. The number of nitrogens with zero attached hydrogens (tertiary/aromatic N) is 3. The number of para-hydroxylation sites is 4. The standard InChI is InChI=1S/C82H60BN3/c1-82(2,3)70-54-76-72(53-69(70)60-38-20-9-21-39-60)83-71-49-48-62(84-73-46-24-22-40-67(73)68-41-23-25-47-74(68)84)52-75(71)85(80-63(56-30-12-5-13-31-56)42-26-43-64(80)57-32-14-6-15-33-57)77-50-61(55-28-10-4-11-29-55)51-78(79(77)83)86(76)81-65(58-34-16-7-17-35-58)44-27-45-66(81)59-36-18-8-19-37-59/h4-54H,1-3H3. The number of aromatic nitrogens is 1. The molecule has 0 bridgehead atoms. The van der Waals surface area contributed by atoms with E-state index in [-0.39, 0.29) is 12.1 Å². The smallest absolute Gasteiger partial charge is 0.252 e. The predicted octanol–water partition coefficient (Wildman–Crippen LogP) is 20.2. The molecule has 406 valence electrons. The van der Waals surface area contributed by atoms with Gasteiger partial charge in [0.2, 0.25) is 0 Å². The van der Waals surface area contributed by atoms with Gasteiger partial charge < -0.3 is 14.4 Å². The summed E-state index contributed by atoms with van der Waals surface area (Å²) < 4.78 is 2.48. The molecule has 0 unspecified atom stereocenters. The summed E-state index contributed by atoms with van der Waals surface area (Å²) >= 11 is 0. The summed E-state index contributed by atoms with van der Waals surface area (Å²) in [6.07, 6.45) is 0. The molecule has 0 radical (unpaired) electrons. The Morgan fingerprint density at radius 2 is 0.651 bits per heavy atom. The third kappa shape index (κ3) is 8.35. The van der Waals surface area contributed by atoms with E-state index < -0.39 is 0 Å². The summed E-state index contributed by atoms with van der Waals surface area (Å²) in [6, 6.07) is 115. The molecule has 4 heteroatoms. The Bertz CT molecular complexity index is 4730. The van der Waals surface area contributed by atoms with Crippen molar-refractivity contribution >= 4 is 79.0 Å². The molecule has 14 aromatic rings. The van der Waals surface area contributed by atoms with E-state index in [4.69, 9.17) is 0 Å². The highest BCUT2D eigenvalue weighted by atomic mass is 15.2. The van der Waals surface area contributed by atoms with E-state index in [1.54, 1.807) is 0 Å². The Morgan fingerprint density at radius 1 is 0.279 bits per heavy atom. The Balaban J connectivity index is 1.11. The van der Waals surface area contributed by atoms with Crippen LogP contribution in [0.25, 0.3) is 94.3 Å². The van der Waals surface area contributed by atoms with Gasteiger partial charge in [0.25, 0.3) is 6.71 Å². The topological polar surface area (TPSA) is 11.4 Å². The highest BCUT2D eigenvalue weighted by molar-refractivity contribution is 7.00. The van der Waals surface area contributed by atoms with Crippen molar-refractivity contribution in [3.8, 4) is 72.4 Å². The zero-order valence-electron chi connectivity index (χ0n) is 48.4. The molecule has 16 rings (SSSR count). The Morgan fingerprint density at radius 3 is 1.07 bits per heavy atom. The van der Waals surface area contributed by atoms with Crippen LogP contribution < -0.4 is 26.2 Å². The minimum atomic E-state index is -0.238. The SMILES string of the molecule is CC(C)(C)c1cc2c(cc1-c1ccccc1)B1c3ccc(-n4c5ccccc5c5ccccc54)cc3N(c3c(-c4ccccc4)cccc3-c3ccccc3)c3cc(-c4ccccc4)cc(c31)N2c1c(-c2ccccc2)cccc1-c1ccccc1. The largest absolute Gasteiger partial charge is 0.310 e. The van der Waals surface area contributed by atoms with E-state index in [1.165, 1.54) is 60.6 Å². The van der Waals surface area contributed by atoms with Crippen molar-refractivity contribution in [3.05, 3.63) is 315 Å². The average molecular weight is 1100 g/mol. The van der Waals surface area contributed by atoms with Crippen LogP contribution in [0.2, 0.25) is 0 Å². The fraction of sp³-hybridized carbons (Fsp3) is 0.0488. The lowest BCUT2D eigenvalue weighted by atomic mass is 9.33. The molecule has 0 saturated heterocycles. The second-order valence-electron chi connectivity index (χ2n) is 24.0. The van der Waals surface area contributed by atoms with E-state index in [1.807, 2.05) is 0 Å². The quantitative estimate of drug-likeness (QED) is 0.133. The van der Waals surface area contributed by atoms with Crippen molar-refractivity contribution in [2.45, 2.75) is 26.2 Å². The molecule has 0 spiro atoms. The van der Waals surface area contributed by atoms with Gasteiger partial charge in [-0.15, -0.1) is 0 Å². The van der Waals surface area contributed by atoms with Crippen LogP contribution in [0.5, 0.6) is 0 Å². The van der Waals surface area contributed by atoms with Gasteiger partial charge in [0.1, 0.15) is 0 Å². The minimum Gasteiger partial charge on any atom is -0.310 e. The third-order valence-corrected chi connectivity index (χ3v) is 17.9. The molecule has 0 aliphatic carbocycles. The molecule has 3 nitrogen and oxygen atoms in total. The Kier molecular flexibility index (Phi) is 12.2. The maximum absolute atomic E-state index is 2.68. The molecule has 13 aromatic carbocycles. The number of hydrogen-bond acceptors (Lipinski definition) is 2. The highest BCUT2D eigenvalue weighted by Gasteiger charge is 2.46. The second-order valence-corrected chi connectivity index (χ2v) is 24.0. The molecule has 2 aliphatic heterocycles. The summed E-state index contributed by atoms with van der Waals surface area (Å²) in [6.45, 7) is 6.91. The van der Waals surface area contributed by atoms with Crippen molar-refractivity contribution in [2.24, 2.45) is 0 Å². The first-order valence-electron chi connectivity index (χ1n) is 30.0. The molecule has 0 amide bonds. The van der Waals surface area contributed by atoms with Gasteiger partial charge in [-0.3, -0.25) is 0 Å². The number of hydrogen-bond donors (Lipinski definition) is 0. The molecule has 1 aromatic heterocycles. The minimum absolute atomic E-state index is 0.209. The monoisotopic (exact) mass is 1100 g/mol. The van der Waals surface area contributed by atoms with Crippen molar-refractivity contribution in [1.29, 1.82) is 0 Å². The lowest BCUT2D eigenvalue weighted by Gasteiger charge is -2.46. The second kappa shape index (κ2) is 20.6. The lowest BCUT2D eigenvalue weighted by molar-refractivity contribution is 0.592. The molecule has 2 aliphatic rings. The van der Waals surface area contributed by atoms with Crippen molar-refractivity contribution < 1.29 is 0 Å². The van der Waals surface area contributed by atoms with Gasteiger partial charge in [0.15, 0.2) is 0 Å². The maximum Gasteiger partial charge on any atom is 0.252 e. The van der Waals surface area contributed by atoms with Crippen LogP contribution in [-0.4, -0.2) is 11.3 Å². The van der Waals surface area contributed by atoms with E-state index in [0.29, 0.717) is 0 Å². The van der Waals surface area contributed by atoms with E-state index in [2.05, 4.69) is 345 Å². The maximum atomic E-state index is 2.68. The van der Waals surface area contributed by atoms with Gasteiger partial charge in [-0.1, -0.05) is 288 Å². The summed E-state index contributed by atoms with van der Waals surface area (Å²) in [7, 11) is 0. The van der Waals surface area contributed by atoms with E-state index in [9.17, 15) is 0 Å². The van der Waals surface area contributed by atoms with Crippen LogP contribution >= 0.6 is 0 Å². The van der Waals surface area contributed by atoms with E-state index >= 15 is 0 Å². The van der Waals surface area contributed by atoms with Gasteiger partial charge >= 0.3 is 0 Å². The summed E-state index contributed by atoms with van der Waals surface area (Å²) in [5, 5.41) is 2.46. The van der Waals surface area contributed by atoms with Crippen LogP contribution in [-0.2, 0) is 5.41 Å². The molecule has 86 heavy (non-hydrogen) atoms. The number of benzene rings is 13. The van der Waals surface area contributed by atoms with Gasteiger partial charge in [0.05, 0.1) is 22.4 Å². The van der Waals surface area contributed by atoms with Crippen LogP contribution in [0.3, 0.4) is 0 Å². The molecule has 0 fully saturated rings.